The van der Waals surface area contributed by atoms with Crippen LogP contribution in [-0.2, 0) is 17.4 Å². The molecule has 0 bridgehead atoms. The molecule has 1 aromatic heterocycles. The van der Waals surface area contributed by atoms with Crippen LogP contribution in [0.4, 0.5) is 0 Å². The topological polar surface area (TPSA) is 27.8 Å². The van der Waals surface area contributed by atoms with Gasteiger partial charge in [0.25, 0.3) is 0 Å². The Morgan fingerprint density at radius 1 is 1.04 bits per heavy atom. The summed E-state index contributed by atoms with van der Waals surface area (Å²) < 4.78 is 4.71. The fourth-order valence-electron chi connectivity index (χ4n) is 3.36. The van der Waals surface area contributed by atoms with E-state index in [9.17, 15) is 0 Å². The van der Waals surface area contributed by atoms with Crippen LogP contribution in [-0.4, -0.2) is 17.2 Å². The van der Waals surface area contributed by atoms with Crippen LogP contribution in [0.1, 0.15) is 41.8 Å². The molecule has 2 N–H and O–H groups in total. The van der Waals surface area contributed by atoms with Gasteiger partial charge in [-0.3, -0.25) is 0 Å². The number of halogens is 2. The molecule has 0 fully saturated rings. The van der Waals surface area contributed by atoms with Crippen molar-refractivity contribution in [2.24, 2.45) is 0 Å². The van der Waals surface area contributed by atoms with Gasteiger partial charge < -0.3 is 24.8 Å². The van der Waals surface area contributed by atoms with E-state index in [1.165, 1.54) is 16.8 Å². The summed E-state index contributed by atoms with van der Waals surface area (Å²) in [6, 6.07) is 13.3. The van der Waals surface area contributed by atoms with Crippen molar-refractivity contribution in [2.45, 2.75) is 43.6 Å². The Kier molecular flexibility index (Phi) is 8.26. The maximum atomic E-state index is 4.08. The molecule has 0 amide bonds. The van der Waals surface area contributed by atoms with Gasteiger partial charge in [0, 0.05) is 0 Å². The van der Waals surface area contributed by atoms with Gasteiger partial charge in [-0.1, -0.05) is 0 Å². The number of fused-ring (bicyclic) bond motifs is 1. The molecule has 6 heteroatoms. The van der Waals surface area contributed by atoms with E-state index in [1.54, 1.807) is 5.56 Å². The molecule has 1 unspecified atom stereocenters. The first-order valence-corrected chi connectivity index (χ1v) is 15.7. The predicted octanol–water partition coefficient (Wildman–Crippen LogP) is -1.59. The van der Waals surface area contributed by atoms with Crippen LogP contribution < -0.4 is 28.6 Å². The van der Waals surface area contributed by atoms with Crippen molar-refractivity contribution in [3.8, 4) is 0 Å². The number of hydrogen-bond donors (Lipinski definition) is 2. The molecule has 0 aliphatic heterocycles. The van der Waals surface area contributed by atoms with Crippen LogP contribution in [0.25, 0.3) is 5.57 Å². The standard InChI is InChI=1S/C13H10N.C4H10N.C2H7Si.2ClH.Ti/c1-2-5-11-10(4-1)7-8-12(11)13-6-3-9-14-13;1-4(2,3)5;1-3-2;;;/h1-9,14H;5H,1-3H3;3H,1-2H3;2*1H;/q;-1;;;;+3/p-2. The number of H-pyrrole nitrogens is 1. The average molecular weight is 430 g/mol. The van der Waals surface area contributed by atoms with E-state index >= 15 is 0 Å². The Morgan fingerprint density at radius 3 is 2.28 bits per heavy atom. The van der Waals surface area contributed by atoms with Gasteiger partial charge in [-0.05, 0) is 0 Å². The molecule has 2 nitrogen and oxygen atoms in total. The average Bonchev–Trinajstić information content (AvgIpc) is 3.11. The monoisotopic (exact) mass is 429 g/mol. The third-order valence-electron chi connectivity index (χ3n) is 4.28. The first-order valence-electron chi connectivity index (χ1n) is 8.46. The molecule has 25 heavy (non-hydrogen) atoms. The second-order valence-electron chi connectivity index (χ2n) is 7.71. The molecule has 0 saturated heterocycles. The van der Waals surface area contributed by atoms with Crippen molar-refractivity contribution in [3.05, 3.63) is 65.5 Å². The van der Waals surface area contributed by atoms with Crippen molar-refractivity contribution < 1.29 is 42.2 Å². The second kappa shape index (κ2) is 9.07. The minimum absolute atomic E-state index is 0. The molecule has 0 spiro atoms. The van der Waals surface area contributed by atoms with E-state index in [2.05, 4.69) is 85.1 Å². The van der Waals surface area contributed by atoms with Gasteiger partial charge in [-0.15, -0.1) is 0 Å². The SMILES string of the molecule is C[SiH](C)[Ti+2]([NH]C(C)(C)C)[CH]1C=C(c2ccc[nH]2)c2ccccc21.[Cl-].[Cl-]. The molecule has 3 rings (SSSR count). The summed E-state index contributed by atoms with van der Waals surface area (Å²) in [5, 5.41) is 0. The first kappa shape index (κ1) is 22.8. The molecular formula is C19H27Cl2N2SiTi. The second-order valence-corrected chi connectivity index (χ2v) is 20.8. The van der Waals surface area contributed by atoms with Gasteiger partial charge in [0.1, 0.15) is 0 Å². The predicted molar refractivity (Wildman–Crippen MR) is 98.8 cm³/mol. The van der Waals surface area contributed by atoms with E-state index in [-0.39, 0.29) is 30.4 Å². The van der Waals surface area contributed by atoms with Gasteiger partial charge in [-0.2, -0.15) is 0 Å². The van der Waals surface area contributed by atoms with Crippen molar-refractivity contribution in [2.75, 3.05) is 0 Å². The quantitative estimate of drug-likeness (QED) is 0.563. The van der Waals surface area contributed by atoms with Crippen molar-refractivity contribution >= 4 is 12.2 Å². The van der Waals surface area contributed by atoms with Crippen LogP contribution in [0, 0.1) is 0 Å². The summed E-state index contributed by atoms with van der Waals surface area (Å²) in [6.07, 6.45) is 4.57. The molecule has 0 radical (unpaired) electrons. The summed E-state index contributed by atoms with van der Waals surface area (Å²) in [4.78, 5) is 3.40. The van der Waals surface area contributed by atoms with Crippen LogP contribution in [0.3, 0.4) is 0 Å². The minimum atomic E-state index is -1.39. The zero-order valence-electron chi connectivity index (χ0n) is 15.5. The third-order valence-corrected chi connectivity index (χ3v) is 16.8. The summed E-state index contributed by atoms with van der Waals surface area (Å²) in [6.45, 7) is 11.3. The van der Waals surface area contributed by atoms with Crippen LogP contribution in [0.2, 0.25) is 13.1 Å². The van der Waals surface area contributed by atoms with E-state index < -0.39 is 24.0 Å². The summed E-state index contributed by atoms with van der Waals surface area (Å²) >= 11 is -1.39. The Morgan fingerprint density at radius 2 is 1.72 bits per heavy atom. The van der Waals surface area contributed by atoms with Crippen molar-refractivity contribution in [3.63, 3.8) is 0 Å². The van der Waals surface area contributed by atoms with Crippen molar-refractivity contribution in [1.29, 1.82) is 0 Å². The molecule has 1 aliphatic carbocycles. The number of aromatic amines is 1. The van der Waals surface area contributed by atoms with E-state index in [0.717, 1.165) is 0 Å². The molecule has 1 atom stereocenters. The largest absolute Gasteiger partial charge is 1.00 e. The van der Waals surface area contributed by atoms with Crippen LogP contribution in [0.15, 0.2) is 48.7 Å². The normalized spacial score (nSPS) is 15.9. The first-order chi connectivity index (χ1) is 10.9. The third kappa shape index (κ3) is 5.12. The van der Waals surface area contributed by atoms with Gasteiger partial charge in [0.15, 0.2) is 0 Å². The summed E-state index contributed by atoms with van der Waals surface area (Å²) in [7, 11) is 0. The number of aromatic nitrogens is 1. The Hall–Kier alpha value is -0.289. The van der Waals surface area contributed by atoms with E-state index in [4.69, 9.17) is 0 Å². The van der Waals surface area contributed by atoms with Gasteiger partial charge in [0.05, 0.1) is 0 Å². The number of rotatable bonds is 4. The molecule has 1 heterocycles. The Labute approximate surface area is 171 Å². The maximum Gasteiger partial charge on any atom is -1.00 e. The van der Waals surface area contributed by atoms with E-state index in [0.29, 0.717) is 4.22 Å². The zero-order valence-corrected chi connectivity index (χ0v) is 19.8. The van der Waals surface area contributed by atoms with Crippen LogP contribution in [0.5, 0.6) is 0 Å². The number of hydrogen-bond acceptors (Lipinski definition) is 1. The number of allylic oxidation sites excluding steroid dienone is 1. The molecule has 1 aromatic carbocycles. The Bertz CT molecular complexity index is 708. The molecule has 135 valence electrons. The summed E-state index contributed by atoms with van der Waals surface area (Å²) in [5.41, 5.74) is 5.83. The van der Waals surface area contributed by atoms with Gasteiger partial charge in [-0.25, -0.2) is 0 Å². The fraction of sp³-hybridized carbons (Fsp3) is 0.368. The smallest absolute Gasteiger partial charge is 1.00 e. The minimum Gasteiger partial charge on any atom is -1.00 e. The van der Waals surface area contributed by atoms with E-state index in [1.807, 2.05) is 6.20 Å². The number of nitrogens with one attached hydrogen (secondary N) is 2. The molecular weight excluding hydrogens is 403 g/mol. The number of benzene rings is 1. The van der Waals surface area contributed by atoms with Crippen LogP contribution >= 0.6 is 0 Å². The molecule has 1 aliphatic rings. The molecule has 2 aromatic rings. The van der Waals surface area contributed by atoms with Crippen molar-refractivity contribution in [1.82, 2.24) is 8.78 Å². The zero-order chi connectivity index (χ0) is 16.6. The van der Waals surface area contributed by atoms with Gasteiger partial charge >= 0.3 is 148 Å². The fourth-order valence-corrected chi connectivity index (χ4v) is 15.1. The maximum absolute atomic E-state index is 4.08. The summed E-state index contributed by atoms with van der Waals surface area (Å²) in [5.74, 6) is 0. The van der Waals surface area contributed by atoms with Gasteiger partial charge in [0.2, 0.25) is 0 Å². The molecule has 0 saturated carbocycles. The Balaban J connectivity index is 0.00000156.